The first-order valence-corrected chi connectivity index (χ1v) is 6.03. The minimum Gasteiger partial charge on any atom is -0.328 e. The van der Waals surface area contributed by atoms with Gasteiger partial charge in [0.05, 0.1) is 0 Å². The van der Waals surface area contributed by atoms with Gasteiger partial charge in [-0.05, 0) is 18.1 Å². The average Bonchev–Trinajstić information content (AvgIpc) is 2.22. The number of hydrogen-bond acceptors (Lipinski definition) is 1. The first-order valence-electron chi connectivity index (χ1n) is 5.23. The molecule has 0 bridgehead atoms. The molecule has 0 saturated heterocycles. The third kappa shape index (κ3) is 3.58. The van der Waals surface area contributed by atoms with E-state index >= 15 is 0 Å². The second kappa shape index (κ2) is 5.61. The lowest BCUT2D eigenvalue weighted by Gasteiger charge is -2.23. The van der Waals surface area contributed by atoms with E-state index in [1.54, 1.807) is 0 Å². The van der Waals surface area contributed by atoms with Gasteiger partial charge in [-0.25, -0.2) is 4.39 Å². The van der Waals surface area contributed by atoms with Gasteiger partial charge in [-0.1, -0.05) is 47.5 Å². The Morgan fingerprint density at radius 2 is 2.07 bits per heavy atom. The van der Waals surface area contributed by atoms with Crippen LogP contribution < -0.4 is 5.73 Å². The Labute approximate surface area is 99.0 Å². The molecule has 1 atom stereocenters. The molecule has 1 unspecified atom stereocenters. The molecule has 84 valence electrons. The van der Waals surface area contributed by atoms with Crippen molar-refractivity contribution < 1.29 is 4.39 Å². The van der Waals surface area contributed by atoms with Crippen molar-refractivity contribution in [3.63, 3.8) is 0 Å². The van der Waals surface area contributed by atoms with Crippen molar-refractivity contribution in [3.05, 3.63) is 34.3 Å². The van der Waals surface area contributed by atoms with Gasteiger partial charge in [-0.3, -0.25) is 0 Å². The maximum atomic E-state index is 14.2. The number of hydrogen-bond donors (Lipinski definition) is 1. The van der Waals surface area contributed by atoms with Crippen molar-refractivity contribution in [2.45, 2.75) is 31.9 Å². The molecule has 0 amide bonds. The van der Waals surface area contributed by atoms with Gasteiger partial charge in [0.2, 0.25) is 0 Å². The minimum absolute atomic E-state index is 0.0855. The fourth-order valence-electron chi connectivity index (χ4n) is 1.69. The summed E-state index contributed by atoms with van der Waals surface area (Å²) in [5.41, 5.74) is 5.22. The lowest BCUT2D eigenvalue weighted by Crippen LogP contribution is -2.35. The largest absolute Gasteiger partial charge is 0.328 e. The molecule has 0 heterocycles. The van der Waals surface area contributed by atoms with Crippen LogP contribution in [0.4, 0.5) is 4.39 Å². The van der Waals surface area contributed by atoms with Crippen LogP contribution in [0, 0.1) is 0 Å². The topological polar surface area (TPSA) is 26.0 Å². The molecule has 0 fully saturated rings. The summed E-state index contributed by atoms with van der Waals surface area (Å²) in [4.78, 5) is 0. The summed E-state index contributed by atoms with van der Waals surface area (Å²) in [6.07, 6.45) is 1.72. The molecule has 1 aromatic rings. The highest BCUT2D eigenvalue weighted by Crippen LogP contribution is 2.26. The van der Waals surface area contributed by atoms with Gasteiger partial charge in [-0.2, -0.15) is 0 Å². The molecule has 1 rings (SSSR count). The molecule has 0 aliphatic heterocycles. The zero-order valence-electron chi connectivity index (χ0n) is 8.97. The Bertz CT molecular complexity index is 316. The lowest BCUT2D eigenvalue weighted by molar-refractivity contribution is 0.158. The van der Waals surface area contributed by atoms with Crippen molar-refractivity contribution in [2.75, 3.05) is 6.54 Å². The van der Waals surface area contributed by atoms with E-state index in [1.165, 1.54) is 0 Å². The summed E-state index contributed by atoms with van der Waals surface area (Å²) < 4.78 is 15.2. The molecule has 2 N–H and O–H groups in total. The third-order valence-corrected chi connectivity index (χ3v) is 3.30. The maximum absolute atomic E-state index is 14.2. The second-order valence-electron chi connectivity index (χ2n) is 3.87. The van der Waals surface area contributed by atoms with Crippen molar-refractivity contribution in [1.29, 1.82) is 0 Å². The fourth-order valence-corrected chi connectivity index (χ4v) is 2.12. The summed E-state index contributed by atoms with van der Waals surface area (Å²) in [5, 5.41) is 0. The van der Waals surface area contributed by atoms with Gasteiger partial charge in [-0.15, -0.1) is 0 Å². The quantitative estimate of drug-likeness (QED) is 0.874. The molecular weight excluding hydrogens is 257 g/mol. The van der Waals surface area contributed by atoms with Crippen molar-refractivity contribution in [3.8, 4) is 0 Å². The summed E-state index contributed by atoms with van der Waals surface area (Å²) in [5.74, 6) is 0. The highest BCUT2D eigenvalue weighted by molar-refractivity contribution is 9.10. The van der Waals surface area contributed by atoms with Crippen molar-refractivity contribution in [1.82, 2.24) is 0 Å². The minimum atomic E-state index is -1.27. The zero-order chi connectivity index (χ0) is 11.3. The van der Waals surface area contributed by atoms with Gasteiger partial charge in [0.1, 0.15) is 5.67 Å². The molecule has 3 heteroatoms. The molecular formula is C12H17BrFN. The number of alkyl halides is 1. The Balaban J connectivity index is 2.79. The second-order valence-corrected chi connectivity index (χ2v) is 4.73. The van der Waals surface area contributed by atoms with E-state index in [2.05, 4.69) is 15.9 Å². The molecule has 1 nitrogen and oxygen atoms in total. The monoisotopic (exact) mass is 273 g/mol. The van der Waals surface area contributed by atoms with Crippen LogP contribution in [-0.4, -0.2) is 12.2 Å². The summed E-state index contributed by atoms with van der Waals surface area (Å²) >= 11 is 3.42. The van der Waals surface area contributed by atoms with Crippen LogP contribution in [0.5, 0.6) is 0 Å². The molecule has 0 aromatic heterocycles. The molecule has 0 aliphatic carbocycles. The zero-order valence-corrected chi connectivity index (χ0v) is 10.6. The first-order chi connectivity index (χ1) is 7.11. The van der Waals surface area contributed by atoms with Crippen LogP contribution in [0.25, 0.3) is 0 Å². The molecule has 0 aliphatic rings. The van der Waals surface area contributed by atoms with E-state index in [0.29, 0.717) is 12.8 Å². The molecule has 0 radical (unpaired) electrons. The van der Waals surface area contributed by atoms with Gasteiger partial charge in [0.25, 0.3) is 0 Å². The fraction of sp³-hybridized carbons (Fsp3) is 0.500. The Hall–Kier alpha value is -0.410. The van der Waals surface area contributed by atoms with E-state index in [1.807, 2.05) is 31.2 Å². The third-order valence-electron chi connectivity index (χ3n) is 2.53. The van der Waals surface area contributed by atoms with Gasteiger partial charge in [0, 0.05) is 17.4 Å². The lowest BCUT2D eigenvalue weighted by atomic mass is 9.92. The number of rotatable bonds is 5. The molecule has 1 aromatic carbocycles. The molecule has 15 heavy (non-hydrogen) atoms. The van der Waals surface area contributed by atoms with E-state index in [0.717, 1.165) is 16.5 Å². The summed E-state index contributed by atoms with van der Waals surface area (Å²) in [7, 11) is 0. The number of halogens is 2. The normalized spacial score (nSPS) is 14.9. The predicted octanol–water partition coefficient (Wildman–Crippen LogP) is 3.46. The van der Waals surface area contributed by atoms with Crippen LogP contribution in [0.3, 0.4) is 0 Å². The highest BCUT2D eigenvalue weighted by atomic mass is 79.9. The van der Waals surface area contributed by atoms with Gasteiger partial charge < -0.3 is 5.73 Å². The van der Waals surface area contributed by atoms with Crippen LogP contribution in [0.1, 0.15) is 25.3 Å². The van der Waals surface area contributed by atoms with Crippen LogP contribution >= 0.6 is 15.9 Å². The molecule has 0 saturated carbocycles. The Morgan fingerprint density at radius 1 is 1.40 bits per heavy atom. The van der Waals surface area contributed by atoms with E-state index in [-0.39, 0.29) is 6.54 Å². The van der Waals surface area contributed by atoms with Crippen LogP contribution in [0.2, 0.25) is 0 Å². The van der Waals surface area contributed by atoms with Crippen LogP contribution in [0.15, 0.2) is 28.7 Å². The van der Waals surface area contributed by atoms with Crippen LogP contribution in [-0.2, 0) is 6.42 Å². The number of benzene rings is 1. The standard InChI is InChI=1S/C12H17BrFN/c1-2-7-12(14,9-15)8-10-5-3-4-6-11(10)13/h3-6H,2,7-9,15H2,1H3. The molecule has 0 spiro atoms. The van der Waals surface area contributed by atoms with Crippen molar-refractivity contribution >= 4 is 15.9 Å². The average molecular weight is 274 g/mol. The summed E-state index contributed by atoms with van der Waals surface area (Å²) in [6, 6.07) is 7.71. The SMILES string of the molecule is CCCC(F)(CN)Cc1ccccc1Br. The predicted molar refractivity (Wildman–Crippen MR) is 65.6 cm³/mol. The van der Waals surface area contributed by atoms with Gasteiger partial charge in [0.15, 0.2) is 0 Å². The van der Waals surface area contributed by atoms with E-state index in [9.17, 15) is 4.39 Å². The highest BCUT2D eigenvalue weighted by Gasteiger charge is 2.27. The maximum Gasteiger partial charge on any atom is 0.127 e. The van der Waals surface area contributed by atoms with Crippen molar-refractivity contribution in [2.24, 2.45) is 5.73 Å². The number of nitrogens with two attached hydrogens (primary N) is 1. The summed E-state index contributed by atoms with van der Waals surface area (Å²) in [6.45, 7) is 2.06. The first kappa shape index (κ1) is 12.7. The Morgan fingerprint density at radius 3 is 2.60 bits per heavy atom. The van der Waals surface area contributed by atoms with E-state index in [4.69, 9.17) is 5.73 Å². The smallest absolute Gasteiger partial charge is 0.127 e. The van der Waals surface area contributed by atoms with Gasteiger partial charge >= 0.3 is 0 Å². The van der Waals surface area contributed by atoms with E-state index < -0.39 is 5.67 Å². The Kier molecular flexibility index (Phi) is 4.74.